The highest BCUT2D eigenvalue weighted by Gasteiger charge is 2.17. The molecule has 0 spiro atoms. The van der Waals surface area contributed by atoms with Crippen molar-refractivity contribution in [1.29, 1.82) is 0 Å². The van der Waals surface area contributed by atoms with Crippen LogP contribution in [0.4, 0.5) is 16.2 Å². The highest BCUT2D eigenvalue weighted by atomic mass is 19.1. The van der Waals surface area contributed by atoms with Gasteiger partial charge in [0.2, 0.25) is 11.9 Å². The Morgan fingerprint density at radius 1 is 1.33 bits per heavy atom. The first kappa shape index (κ1) is 17.1. The van der Waals surface area contributed by atoms with Gasteiger partial charge in [0.1, 0.15) is 0 Å². The van der Waals surface area contributed by atoms with Crippen LogP contribution >= 0.6 is 0 Å². The molecule has 21 heavy (non-hydrogen) atoms. The summed E-state index contributed by atoms with van der Waals surface area (Å²) in [6, 6.07) is 0. The van der Waals surface area contributed by atoms with Gasteiger partial charge in [-0.1, -0.05) is 6.92 Å². The summed E-state index contributed by atoms with van der Waals surface area (Å²) in [4.78, 5) is 23.3. The molecule has 0 fully saturated rings. The molecule has 1 N–H and O–H groups in total. The van der Waals surface area contributed by atoms with Gasteiger partial charge in [-0.3, -0.25) is 4.79 Å². The van der Waals surface area contributed by atoms with E-state index < -0.39 is 5.82 Å². The molecule has 0 unspecified atom stereocenters. The van der Waals surface area contributed by atoms with Crippen LogP contribution < -0.4 is 10.2 Å². The van der Waals surface area contributed by atoms with Crippen molar-refractivity contribution < 1.29 is 9.18 Å². The number of hydrogen-bond acceptors (Lipinski definition) is 5. The summed E-state index contributed by atoms with van der Waals surface area (Å²) < 4.78 is 13.8. The molecular formula is C14H24FN5O. The van der Waals surface area contributed by atoms with E-state index in [0.29, 0.717) is 25.6 Å². The van der Waals surface area contributed by atoms with Crippen LogP contribution in [0.25, 0.3) is 0 Å². The third kappa shape index (κ3) is 4.84. The Hall–Kier alpha value is -1.92. The summed E-state index contributed by atoms with van der Waals surface area (Å²) in [5.41, 5.74) is 0. The molecule has 0 saturated heterocycles. The Labute approximate surface area is 125 Å². The van der Waals surface area contributed by atoms with Gasteiger partial charge < -0.3 is 15.1 Å². The molecule has 1 heterocycles. The number of nitrogens with zero attached hydrogens (tertiary/aromatic N) is 4. The summed E-state index contributed by atoms with van der Waals surface area (Å²) in [5, 5.41) is 3.00. The van der Waals surface area contributed by atoms with Crippen LogP contribution in [0.5, 0.6) is 0 Å². The first-order valence-electron chi connectivity index (χ1n) is 7.28. The summed E-state index contributed by atoms with van der Waals surface area (Å²) in [5.74, 6) is -0.0880. The summed E-state index contributed by atoms with van der Waals surface area (Å²) in [6.45, 7) is 7.93. The molecule has 7 heteroatoms. The van der Waals surface area contributed by atoms with Crippen LogP contribution in [0.1, 0.15) is 27.2 Å². The number of carbonyl (C=O) groups excluding carboxylic acids is 1. The third-order valence-corrected chi connectivity index (χ3v) is 3.11. The molecule has 0 bridgehead atoms. The van der Waals surface area contributed by atoms with Gasteiger partial charge in [-0.2, -0.15) is 4.98 Å². The zero-order valence-corrected chi connectivity index (χ0v) is 13.2. The molecule has 1 amide bonds. The second kappa shape index (κ2) is 8.39. The second-order valence-corrected chi connectivity index (χ2v) is 4.71. The van der Waals surface area contributed by atoms with Crippen molar-refractivity contribution in [3.8, 4) is 0 Å². The quantitative estimate of drug-likeness (QED) is 0.792. The maximum atomic E-state index is 13.8. The van der Waals surface area contributed by atoms with Gasteiger partial charge in [0.05, 0.1) is 12.7 Å². The van der Waals surface area contributed by atoms with Crippen molar-refractivity contribution in [1.82, 2.24) is 14.9 Å². The molecule has 1 aromatic rings. The van der Waals surface area contributed by atoms with E-state index in [1.165, 1.54) is 4.90 Å². The average Bonchev–Trinajstić information content (AvgIpc) is 2.47. The zero-order valence-electron chi connectivity index (χ0n) is 13.2. The number of hydrogen-bond donors (Lipinski definition) is 1. The number of likely N-dealkylation sites (N-methyl/N-ethyl adjacent to an activating group) is 2. The molecule has 118 valence electrons. The summed E-state index contributed by atoms with van der Waals surface area (Å²) in [7, 11) is 1.65. The largest absolute Gasteiger partial charge is 0.354 e. The van der Waals surface area contributed by atoms with Crippen LogP contribution in [0.2, 0.25) is 0 Å². The summed E-state index contributed by atoms with van der Waals surface area (Å²) in [6.07, 6.45) is 2.05. The molecule has 1 aromatic heterocycles. The topological polar surface area (TPSA) is 61.4 Å². The maximum absolute atomic E-state index is 13.8. The standard InChI is InChI=1S/C14H24FN5O/c1-5-8-16-14-17-9-11(15)13(18-14)19(4)10-12(21)20(6-2)7-3/h9H,5-8,10H2,1-4H3,(H,16,17,18). The highest BCUT2D eigenvalue weighted by Crippen LogP contribution is 2.16. The first-order chi connectivity index (χ1) is 10.0. The molecule has 1 rings (SSSR count). The van der Waals surface area contributed by atoms with Gasteiger partial charge in [-0.25, -0.2) is 9.37 Å². The van der Waals surface area contributed by atoms with E-state index in [1.807, 2.05) is 20.8 Å². The number of carbonyl (C=O) groups is 1. The van der Waals surface area contributed by atoms with E-state index in [-0.39, 0.29) is 18.3 Å². The Bertz CT molecular complexity index is 465. The monoisotopic (exact) mass is 297 g/mol. The molecule has 6 nitrogen and oxygen atoms in total. The molecule has 0 saturated carbocycles. The third-order valence-electron chi connectivity index (χ3n) is 3.11. The van der Waals surface area contributed by atoms with Crippen LogP contribution in [-0.2, 0) is 4.79 Å². The first-order valence-corrected chi connectivity index (χ1v) is 7.28. The molecule has 0 aromatic carbocycles. The fourth-order valence-corrected chi connectivity index (χ4v) is 1.90. The van der Waals surface area contributed by atoms with E-state index in [9.17, 15) is 9.18 Å². The minimum absolute atomic E-state index is 0.0522. The van der Waals surface area contributed by atoms with Crippen LogP contribution in [0.15, 0.2) is 6.20 Å². The molecule has 0 aliphatic heterocycles. The molecule has 0 radical (unpaired) electrons. The second-order valence-electron chi connectivity index (χ2n) is 4.71. The Balaban J connectivity index is 2.80. The molecule has 0 aliphatic carbocycles. The fraction of sp³-hybridized carbons (Fsp3) is 0.643. The van der Waals surface area contributed by atoms with Crippen molar-refractivity contribution in [3.05, 3.63) is 12.0 Å². The van der Waals surface area contributed by atoms with Gasteiger partial charge in [0, 0.05) is 26.7 Å². The average molecular weight is 297 g/mol. The van der Waals surface area contributed by atoms with Crippen molar-refractivity contribution in [2.75, 3.05) is 43.4 Å². The van der Waals surface area contributed by atoms with Gasteiger partial charge >= 0.3 is 0 Å². The van der Waals surface area contributed by atoms with Gasteiger partial charge in [0.25, 0.3) is 0 Å². The van der Waals surface area contributed by atoms with Crippen molar-refractivity contribution in [2.45, 2.75) is 27.2 Å². The highest BCUT2D eigenvalue weighted by molar-refractivity contribution is 5.81. The lowest BCUT2D eigenvalue weighted by molar-refractivity contribution is -0.129. The number of amides is 1. The Kier molecular flexibility index (Phi) is 6.84. The normalized spacial score (nSPS) is 10.3. The number of anilines is 2. The minimum Gasteiger partial charge on any atom is -0.354 e. The Morgan fingerprint density at radius 3 is 2.57 bits per heavy atom. The van der Waals surface area contributed by atoms with Gasteiger partial charge in [-0.05, 0) is 20.3 Å². The van der Waals surface area contributed by atoms with E-state index >= 15 is 0 Å². The van der Waals surface area contributed by atoms with Gasteiger partial charge in [0.15, 0.2) is 11.6 Å². The molecule has 0 atom stereocenters. The lowest BCUT2D eigenvalue weighted by Gasteiger charge is -2.24. The van der Waals surface area contributed by atoms with Crippen molar-refractivity contribution >= 4 is 17.7 Å². The number of rotatable bonds is 8. The number of halogens is 1. The molecule has 0 aliphatic rings. The summed E-state index contributed by atoms with van der Waals surface area (Å²) >= 11 is 0. The van der Waals surface area contributed by atoms with Crippen LogP contribution in [0, 0.1) is 5.82 Å². The van der Waals surface area contributed by atoms with Gasteiger partial charge in [-0.15, -0.1) is 0 Å². The van der Waals surface area contributed by atoms with E-state index in [1.54, 1.807) is 11.9 Å². The van der Waals surface area contributed by atoms with Crippen LogP contribution in [-0.4, -0.2) is 54.0 Å². The van der Waals surface area contributed by atoms with E-state index in [2.05, 4.69) is 15.3 Å². The maximum Gasteiger partial charge on any atom is 0.242 e. The fourth-order valence-electron chi connectivity index (χ4n) is 1.90. The number of nitrogens with one attached hydrogen (secondary N) is 1. The van der Waals surface area contributed by atoms with Crippen molar-refractivity contribution in [3.63, 3.8) is 0 Å². The zero-order chi connectivity index (χ0) is 15.8. The SMILES string of the molecule is CCCNc1ncc(F)c(N(C)CC(=O)N(CC)CC)n1. The van der Waals surface area contributed by atoms with Crippen LogP contribution in [0.3, 0.4) is 0 Å². The Morgan fingerprint density at radius 2 is 2.00 bits per heavy atom. The lowest BCUT2D eigenvalue weighted by Crippen LogP contribution is -2.39. The predicted molar refractivity (Wildman–Crippen MR) is 82.0 cm³/mol. The molecular weight excluding hydrogens is 273 g/mol. The lowest BCUT2D eigenvalue weighted by atomic mass is 10.4. The predicted octanol–water partition coefficient (Wildman–Crippen LogP) is 1.74. The number of aromatic nitrogens is 2. The minimum atomic E-state index is -0.535. The van der Waals surface area contributed by atoms with E-state index in [0.717, 1.165) is 12.6 Å². The smallest absolute Gasteiger partial charge is 0.242 e. The van der Waals surface area contributed by atoms with E-state index in [4.69, 9.17) is 0 Å². The van der Waals surface area contributed by atoms with Crippen molar-refractivity contribution in [2.24, 2.45) is 0 Å².